The fourth-order valence-corrected chi connectivity index (χ4v) is 5.57. The third kappa shape index (κ3) is 4.51. The van der Waals surface area contributed by atoms with Crippen LogP contribution >= 0.6 is 11.3 Å². The van der Waals surface area contributed by atoms with E-state index in [0.29, 0.717) is 11.0 Å². The highest BCUT2D eigenvalue weighted by atomic mass is 32.1. The van der Waals surface area contributed by atoms with Gasteiger partial charge in [0.2, 0.25) is 16.0 Å². The molecule has 0 bridgehead atoms. The Morgan fingerprint density at radius 1 is 1.23 bits per heavy atom. The predicted octanol–water partition coefficient (Wildman–Crippen LogP) is 1.92. The average molecular weight is 433 g/mol. The Balaban J connectivity index is 1.33. The monoisotopic (exact) mass is 432 g/mol. The van der Waals surface area contributed by atoms with Crippen molar-refractivity contribution in [3.63, 3.8) is 0 Å². The maximum atomic E-state index is 12.7. The fourth-order valence-electron chi connectivity index (χ4n) is 4.60. The second-order valence-electron chi connectivity index (χ2n) is 8.35. The van der Waals surface area contributed by atoms with E-state index in [1.54, 1.807) is 6.07 Å². The van der Waals surface area contributed by atoms with Crippen LogP contribution in [0.1, 0.15) is 51.6 Å². The van der Waals surface area contributed by atoms with Crippen LogP contribution < -0.4 is 15.8 Å². The molecule has 0 aromatic carbocycles. The van der Waals surface area contributed by atoms with Gasteiger partial charge in [-0.25, -0.2) is 4.98 Å². The summed E-state index contributed by atoms with van der Waals surface area (Å²) in [6, 6.07) is 2.07. The first-order chi connectivity index (χ1) is 14.6. The van der Waals surface area contributed by atoms with Crippen LogP contribution in [-0.2, 0) is 11.2 Å². The normalized spacial score (nSPS) is 20.9. The second kappa shape index (κ2) is 9.43. The van der Waals surface area contributed by atoms with E-state index in [1.165, 1.54) is 28.7 Å². The van der Waals surface area contributed by atoms with Crippen molar-refractivity contribution >= 4 is 27.3 Å². The Morgan fingerprint density at radius 2 is 2.03 bits per heavy atom. The number of aromatic nitrogens is 3. The van der Waals surface area contributed by atoms with Gasteiger partial charge in [-0.2, -0.15) is 4.52 Å². The van der Waals surface area contributed by atoms with Crippen LogP contribution in [0.5, 0.6) is 0 Å². The van der Waals surface area contributed by atoms with Crippen LogP contribution in [0.15, 0.2) is 10.9 Å². The molecule has 9 heteroatoms. The summed E-state index contributed by atoms with van der Waals surface area (Å²) in [5, 5.41) is 8.50. The first-order valence-electron chi connectivity index (χ1n) is 11.3. The molecule has 4 heterocycles. The molecule has 0 radical (unpaired) electrons. The number of nitrogens with zero attached hydrogens (tertiary/aromatic N) is 5. The van der Waals surface area contributed by atoms with Crippen molar-refractivity contribution in [3.8, 4) is 0 Å². The summed E-state index contributed by atoms with van der Waals surface area (Å²) < 4.78 is 1.40. The van der Waals surface area contributed by atoms with Crippen LogP contribution in [0.3, 0.4) is 0 Å². The molecule has 1 N–H and O–H groups in total. The number of rotatable bonds is 7. The lowest BCUT2D eigenvalue weighted by Crippen LogP contribution is -2.45. The van der Waals surface area contributed by atoms with E-state index >= 15 is 0 Å². The van der Waals surface area contributed by atoms with Crippen LogP contribution in [0, 0.1) is 5.92 Å². The van der Waals surface area contributed by atoms with Gasteiger partial charge >= 0.3 is 0 Å². The molecule has 1 atom stereocenters. The lowest BCUT2D eigenvalue weighted by Gasteiger charge is -2.31. The molecule has 2 aliphatic rings. The minimum atomic E-state index is -0.117. The molecule has 2 aliphatic heterocycles. The Bertz CT molecular complexity index is 933. The van der Waals surface area contributed by atoms with Gasteiger partial charge in [0.15, 0.2) is 0 Å². The Morgan fingerprint density at radius 3 is 2.77 bits per heavy atom. The molecule has 2 fully saturated rings. The molecule has 0 spiro atoms. The van der Waals surface area contributed by atoms with Crippen LogP contribution in [0.2, 0.25) is 0 Å². The number of fused-ring (bicyclic) bond motifs is 1. The van der Waals surface area contributed by atoms with E-state index in [9.17, 15) is 9.59 Å². The van der Waals surface area contributed by atoms with Crippen molar-refractivity contribution in [1.29, 1.82) is 0 Å². The number of amides is 1. The van der Waals surface area contributed by atoms with Gasteiger partial charge in [0.25, 0.3) is 5.56 Å². The molecular weight excluding hydrogens is 400 g/mol. The highest BCUT2D eigenvalue weighted by Crippen LogP contribution is 2.27. The zero-order chi connectivity index (χ0) is 21.1. The summed E-state index contributed by atoms with van der Waals surface area (Å²) in [6.45, 7) is 8.79. The van der Waals surface area contributed by atoms with Gasteiger partial charge < -0.3 is 10.2 Å². The van der Waals surface area contributed by atoms with E-state index in [1.807, 2.05) is 0 Å². The van der Waals surface area contributed by atoms with Gasteiger partial charge in [-0.3, -0.25) is 14.5 Å². The van der Waals surface area contributed by atoms with E-state index in [2.05, 4.69) is 39.0 Å². The highest BCUT2D eigenvalue weighted by molar-refractivity contribution is 7.20. The quantitative estimate of drug-likeness (QED) is 0.720. The average Bonchev–Trinajstić information content (AvgIpc) is 3.39. The lowest BCUT2D eigenvalue weighted by molar-refractivity contribution is -0.125. The smallest absolute Gasteiger partial charge is 0.275 e. The maximum absolute atomic E-state index is 12.7. The van der Waals surface area contributed by atoms with Crippen molar-refractivity contribution in [2.24, 2.45) is 5.92 Å². The summed E-state index contributed by atoms with van der Waals surface area (Å²) in [4.78, 5) is 34.9. The summed E-state index contributed by atoms with van der Waals surface area (Å²) in [5.41, 5.74) is 0.713. The molecule has 0 aliphatic carbocycles. The summed E-state index contributed by atoms with van der Waals surface area (Å²) in [6.07, 6.45) is 5.79. The molecule has 2 aromatic rings. The maximum Gasteiger partial charge on any atom is 0.275 e. The van der Waals surface area contributed by atoms with Gasteiger partial charge in [-0.1, -0.05) is 31.6 Å². The number of nitrogens with one attached hydrogen (secondary N) is 1. The Labute approximate surface area is 181 Å². The van der Waals surface area contributed by atoms with Gasteiger partial charge in [0.1, 0.15) is 0 Å². The third-order valence-corrected chi connectivity index (χ3v) is 7.32. The molecule has 2 aromatic heterocycles. The van der Waals surface area contributed by atoms with Gasteiger partial charge in [-0.15, -0.1) is 5.10 Å². The molecule has 1 amide bonds. The van der Waals surface area contributed by atoms with Crippen molar-refractivity contribution in [1.82, 2.24) is 24.8 Å². The molecule has 2 saturated heterocycles. The van der Waals surface area contributed by atoms with Crippen molar-refractivity contribution in [2.45, 2.75) is 58.4 Å². The molecule has 0 saturated carbocycles. The van der Waals surface area contributed by atoms with E-state index in [0.717, 1.165) is 69.2 Å². The molecular formula is C21H32N6O2S. The molecule has 164 valence electrons. The van der Waals surface area contributed by atoms with E-state index in [-0.39, 0.29) is 17.4 Å². The lowest BCUT2D eigenvalue weighted by atomic mass is 9.96. The minimum absolute atomic E-state index is 0.0594. The topological polar surface area (TPSA) is 82.8 Å². The van der Waals surface area contributed by atoms with Crippen LogP contribution in [0.25, 0.3) is 4.96 Å². The molecule has 0 unspecified atom stereocenters. The standard InChI is InChI=1S/C21H32N6O2S/c1-3-6-16-13-18(28)27-20(23-16)30-21(24-27)26-11-8-15(9-12-26)19(29)22-14-17-7-5-10-25(17)4-2/h13,15,17H,3-12,14H2,1-2H3,(H,22,29)/t17-/m0/s1. The number of aryl methyl sites for hydroxylation is 1. The number of anilines is 1. The first-order valence-corrected chi connectivity index (χ1v) is 12.1. The van der Waals surface area contributed by atoms with Crippen LogP contribution in [-0.4, -0.2) is 64.2 Å². The summed E-state index contributed by atoms with van der Waals surface area (Å²) >= 11 is 1.46. The molecule has 30 heavy (non-hydrogen) atoms. The zero-order valence-electron chi connectivity index (χ0n) is 18.0. The van der Waals surface area contributed by atoms with Crippen molar-refractivity contribution < 1.29 is 4.79 Å². The van der Waals surface area contributed by atoms with Gasteiger partial charge in [-0.05, 0) is 45.2 Å². The number of carbonyl (C=O) groups is 1. The summed E-state index contributed by atoms with van der Waals surface area (Å²) in [7, 11) is 0. The largest absolute Gasteiger partial charge is 0.354 e. The minimum Gasteiger partial charge on any atom is -0.354 e. The fraction of sp³-hybridized carbons (Fsp3) is 0.714. The Kier molecular flexibility index (Phi) is 6.67. The summed E-state index contributed by atoms with van der Waals surface area (Å²) in [5.74, 6) is 0.244. The number of hydrogen-bond donors (Lipinski definition) is 1. The number of carbonyl (C=O) groups excluding carboxylic acids is 1. The first kappa shape index (κ1) is 21.2. The Hall–Kier alpha value is -2.00. The predicted molar refractivity (Wildman–Crippen MR) is 119 cm³/mol. The number of likely N-dealkylation sites (tertiary alicyclic amines) is 1. The zero-order valence-corrected chi connectivity index (χ0v) is 18.8. The van der Waals surface area contributed by atoms with E-state index in [4.69, 9.17) is 0 Å². The second-order valence-corrected chi connectivity index (χ2v) is 9.28. The SMILES string of the molecule is CCCc1cc(=O)n2nc(N3CCC(C(=O)NC[C@@H]4CCCN4CC)CC3)sc2n1. The number of hydrogen-bond acceptors (Lipinski definition) is 7. The third-order valence-electron chi connectivity index (χ3n) is 6.35. The van der Waals surface area contributed by atoms with E-state index < -0.39 is 0 Å². The van der Waals surface area contributed by atoms with Crippen LogP contribution in [0.4, 0.5) is 5.13 Å². The molecule has 4 rings (SSSR count). The van der Waals surface area contributed by atoms with Gasteiger partial charge in [0, 0.05) is 43.4 Å². The number of likely N-dealkylation sites (N-methyl/N-ethyl adjacent to an activating group) is 1. The van der Waals surface area contributed by atoms with Crippen molar-refractivity contribution in [2.75, 3.05) is 37.6 Å². The highest BCUT2D eigenvalue weighted by Gasteiger charge is 2.29. The van der Waals surface area contributed by atoms with Gasteiger partial charge in [0.05, 0.1) is 0 Å². The van der Waals surface area contributed by atoms with Crippen molar-refractivity contribution in [3.05, 3.63) is 22.1 Å². The molecule has 8 nitrogen and oxygen atoms in total. The number of piperidine rings is 1.